The van der Waals surface area contributed by atoms with Crippen molar-refractivity contribution in [1.29, 1.82) is 0 Å². The lowest BCUT2D eigenvalue weighted by Crippen LogP contribution is -2.28. The van der Waals surface area contributed by atoms with Crippen molar-refractivity contribution in [3.8, 4) is 0 Å². The van der Waals surface area contributed by atoms with Gasteiger partial charge in [0.25, 0.3) is 0 Å². The first-order valence-electron chi connectivity index (χ1n) is 11.7. The Morgan fingerprint density at radius 3 is 2.29 bits per heavy atom. The summed E-state index contributed by atoms with van der Waals surface area (Å²) < 4.78 is 7.38. The second-order valence-electron chi connectivity index (χ2n) is 11.8. The fourth-order valence-corrected chi connectivity index (χ4v) is 4.79. The van der Waals surface area contributed by atoms with E-state index in [2.05, 4.69) is 31.1 Å². The van der Waals surface area contributed by atoms with E-state index >= 15 is 0 Å². The van der Waals surface area contributed by atoms with E-state index in [4.69, 9.17) is 4.74 Å². The Hall–Kier alpha value is -1.92. The van der Waals surface area contributed by atoms with Gasteiger partial charge in [-0.3, -0.25) is 9.59 Å². The van der Waals surface area contributed by atoms with E-state index in [1.807, 2.05) is 25.5 Å². The Bertz CT molecular complexity index is 793. The highest BCUT2D eigenvalue weighted by atomic mass is 16.6. The number of carbonyl (C=O) groups is 2. The number of esters is 1. The molecule has 174 valence electrons. The number of carbonyl (C=O) groups excluding carboxylic acids is 1. The lowest BCUT2D eigenvalue weighted by Gasteiger charge is -2.38. The van der Waals surface area contributed by atoms with Crippen LogP contribution in [-0.2, 0) is 14.3 Å². The van der Waals surface area contributed by atoms with Crippen molar-refractivity contribution in [2.75, 3.05) is 0 Å². The Kier molecular flexibility index (Phi) is 6.82. The molecule has 1 aromatic heterocycles. The summed E-state index contributed by atoms with van der Waals surface area (Å²) in [5.41, 5.74) is 1.98. The number of aliphatic carboxylic acids is 1. The van der Waals surface area contributed by atoms with E-state index in [0.29, 0.717) is 23.7 Å². The first-order valence-corrected chi connectivity index (χ1v) is 11.7. The van der Waals surface area contributed by atoms with E-state index in [1.54, 1.807) is 0 Å². The van der Waals surface area contributed by atoms with Crippen LogP contribution in [0.3, 0.4) is 0 Å². The first kappa shape index (κ1) is 23.7. The monoisotopic (exact) mass is 433 g/mol. The molecule has 0 saturated heterocycles. The van der Waals surface area contributed by atoms with Gasteiger partial charge >= 0.3 is 11.9 Å². The maximum absolute atomic E-state index is 12.5. The van der Waals surface area contributed by atoms with Gasteiger partial charge in [-0.1, -0.05) is 26.0 Å². The second kappa shape index (κ2) is 8.91. The first-order chi connectivity index (χ1) is 14.3. The molecular formula is C24H39N3O4. The molecule has 0 aromatic carbocycles. The third-order valence-electron chi connectivity index (χ3n) is 6.11. The van der Waals surface area contributed by atoms with Crippen molar-refractivity contribution in [3.05, 3.63) is 11.4 Å². The Balaban J connectivity index is 1.78. The summed E-state index contributed by atoms with van der Waals surface area (Å²) in [5.74, 6) is 0.393. The van der Waals surface area contributed by atoms with Crippen molar-refractivity contribution in [2.45, 2.75) is 116 Å². The average Bonchev–Trinajstić information content (AvgIpc) is 3.31. The molecule has 0 amide bonds. The van der Waals surface area contributed by atoms with Gasteiger partial charge in [0, 0.05) is 18.3 Å². The zero-order valence-electron chi connectivity index (χ0n) is 20.0. The summed E-state index contributed by atoms with van der Waals surface area (Å²) in [5, 5.41) is 18.3. The van der Waals surface area contributed by atoms with Crippen LogP contribution in [0.25, 0.3) is 0 Å². The molecule has 2 saturated carbocycles. The van der Waals surface area contributed by atoms with Crippen molar-refractivity contribution in [3.63, 3.8) is 0 Å². The average molecular weight is 434 g/mol. The van der Waals surface area contributed by atoms with Crippen molar-refractivity contribution in [1.82, 2.24) is 15.0 Å². The Morgan fingerprint density at radius 2 is 1.77 bits per heavy atom. The van der Waals surface area contributed by atoms with Crippen molar-refractivity contribution < 1.29 is 19.4 Å². The molecular weight excluding hydrogens is 394 g/mol. The van der Waals surface area contributed by atoms with Crippen LogP contribution in [0.15, 0.2) is 0 Å². The van der Waals surface area contributed by atoms with E-state index in [-0.39, 0.29) is 24.9 Å². The van der Waals surface area contributed by atoms with Crippen molar-refractivity contribution in [2.24, 2.45) is 11.3 Å². The van der Waals surface area contributed by atoms with Crippen LogP contribution in [-0.4, -0.2) is 37.6 Å². The smallest absolute Gasteiger partial charge is 0.308 e. The minimum Gasteiger partial charge on any atom is -0.481 e. The van der Waals surface area contributed by atoms with E-state index in [9.17, 15) is 14.7 Å². The second-order valence-corrected chi connectivity index (χ2v) is 11.8. The predicted octanol–water partition coefficient (Wildman–Crippen LogP) is 5.22. The van der Waals surface area contributed by atoms with Gasteiger partial charge in [0.15, 0.2) is 0 Å². The SMILES string of the molecule is CC(C)(C)CC1CC(c2nnn([C@@H](CCC(=O)O)CC(=O)OC(C)(C)C)c2C2CC2)C1. The standard InChI is InChI=1S/C24H39N3O4/c1-23(2,3)14-15-11-17(12-15)21-22(16-7-8-16)27(26-25-21)18(9-10-19(28)29)13-20(30)31-24(4,5)6/h15-18H,7-14H2,1-6H3,(H,28,29)/t15?,17?,18-/m0/s1. The third kappa shape index (κ3) is 6.78. The number of ether oxygens (including phenoxy) is 1. The molecule has 1 atom stereocenters. The van der Waals surface area contributed by atoms with Crippen LogP contribution in [0, 0.1) is 11.3 Å². The predicted molar refractivity (Wildman–Crippen MR) is 118 cm³/mol. The number of carboxylic acids is 1. The molecule has 2 aliphatic carbocycles. The number of hydrogen-bond donors (Lipinski definition) is 1. The van der Waals surface area contributed by atoms with Gasteiger partial charge in [-0.05, 0) is 70.6 Å². The number of hydrogen-bond acceptors (Lipinski definition) is 5. The van der Waals surface area contributed by atoms with Gasteiger partial charge in [-0.2, -0.15) is 0 Å². The summed E-state index contributed by atoms with van der Waals surface area (Å²) in [6, 6.07) is -0.340. The number of carboxylic acid groups (broad SMARTS) is 1. The fourth-order valence-electron chi connectivity index (χ4n) is 4.79. The minimum atomic E-state index is -0.869. The zero-order chi connectivity index (χ0) is 23.0. The van der Waals surface area contributed by atoms with Crippen LogP contribution in [0.5, 0.6) is 0 Å². The summed E-state index contributed by atoms with van der Waals surface area (Å²) in [6.07, 6.45) is 6.16. The molecule has 1 N–H and O–H groups in total. The zero-order valence-corrected chi connectivity index (χ0v) is 20.0. The van der Waals surface area contributed by atoms with Crippen LogP contribution in [0.4, 0.5) is 0 Å². The van der Waals surface area contributed by atoms with Gasteiger partial charge in [0.05, 0.1) is 23.9 Å². The fraction of sp³-hybridized carbons (Fsp3) is 0.833. The van der Waals surface area contributed by atoms with Gasteiger partial charge in [-0.15, -0.1) is 5.10 Å². The highest BCUT2D eigenvalue weighted by Gasteiger charge is 2.41. The van der Waals surface area contributed by atoms with E-state index in [1.165, 1.54) is 6.42 Å². The normalized spacial score (nSPS) is 22.6. The largest absolute Gasteiger partial charge is 0.481 e. The molecule has 0 bridgehead atoms. The lowest BCUT2D eigenvalue weighted by atomic mass is 9.67. The van der Waals surface area contributed by atoms with Crippen LogP contribution >= 0.6 is 0 Å². The molecule has 1 aromatic rings. The highest BCUT2D eigenvalue weighted by molar-refractivity contribution is 5.71. The van der Waals surface area contributed by atoms with Gasteiger partial charge in [0.1, 0.15) is 5.60 Å². The number of nitrogens with zero attached hydrogens (tertiary/aromatic N) is 3. The molecule has 2 fully saturated rings. The molecule has 0 radical (unpaired) electrons. The van der Waals surface area contributed by atoms with Crippen LogP contribution in [0.1, 0.15) is 122 Å². The van der Waals surface area contributed by atoms with Crippen molar-refractivity contribution >= 4 is 11.9 Å². The molecule has 0 aliphatic heterocycles. The molecule has 2 aliphatic rings. The van der Waals surface area contributed by atoms with Crippen LogP contribution < -0.4 is 0 Å². The number of rotatable bonds is 9. The molecule has 0 spiro atoms. The molecule has 7 nitrogen and oxygen atoms in total. The highest BCUT2D eigenvalue weighted by Crippen LogP contribution is 2.51. The Morgan fingerprint density at radius 1 is 1.13 bits per heavy atom. The minimum absolute atomic E-state index is 0.0101. The van der Waals surface area contributed by atoms with Gasteiger partial charge in [0.2, 0.25) is 0 Å². The van der Waals surface area contributed by atoms with Gasteiger partial charge in [-0.25, -0.2) is 4.68 Å². The molecule has 1 heterocycles. The van der Waals surface area contributed by atoms with E-state index in [0.717, 1.165) is 43.0 Å². The summed E-state index contributed by atoms with van der Waals surface area (Å²) in [7, 11) is 0. The van der Waals surface area contributed by atoms with E-state index < -0.39 is 11.6 Å². The molecule has 3 rings (SSSR count). The molecule has 31 heavy (non-hydrogen) atoms. The Labute approximate surface area is 185 Å². The lowest BCUT2D eigenvalue weighted by molar-refractivity contribution is -0.156. The maximum Gasteiger partial charge on any atom is 0.308 e. The third-order valence-corrected chi connectivity index (χ3v) is 6.11. The summed E-state index contributed by atoms with van der Waals surface area (Å²) in [4.78, 5) is 23.8. The maximum atomic E-state index is 12.5. The van der Waals surface area contributed by atoms with Gasteiger partial charge < -0.3 is 9.84 Å². The molecule has 7 heteroatoms. The quantitative estimate of drug-likeness (QED) is 0.536. The summed E-state index contributed by atoms with van der Waals surface area (Å²) in [6.45, 7) is 12.4. The molecule has 0 unspecified atom stereocenters. The topological polar surface area (TPSA) is 94.3 Å². The number of aromatic nitrogens is 3. The van der Waals surface area contributed by atoms with Crippen LogP contribution in [0.2, 0.25) is 0 Å². The summed E-state index contributed by atoms with van der Waals surface area (Å²) >= 11 is 0.